The summed E-state index contributed by atoms with van der Waals surface area (Å²) in [6.07, 6.45) is 2.74. The molecule has 0 aliphatic carbocycles. The lowest BCUT2D eigenvalue weighted by Crippen LogP contribution is -2.49. The lowest BCUT2D eigenvalue weighted by molar-refractivity contribution is 0.158. The molecule has 7 nitrogen and oxygen atoms in total. The van der Waals surface area contributed by atoms with Gasteiger partial charge in [-0.15, -0.1) is 0 Å². The van der Waals surface area contributed by atoms with Crippen molar-refractivity contribution in [2.75, 3.05) is 26.2 Å². The second kappa shape index (κ2) is 7.42. The van der Waals surface area contributed by atoms with E-state index in [1.54, 1.807) is 4.90 Å². The van der Waals surface area contributed by atoms with Crippen molar-refractivity contribution >= 4 is 12.1 Å². The number of nitrogens with zero attached hydrogens (tertiary/aromatic N) is 1. The topological polar surface area (TPSA) is 96.7 Å². The fourth-order valence-electron chi connectivity index (χ4n) is 3.34. The van der Waals surface area contributed by atoms with Crippen molar-refractivity contribution in [1.82, 2.24) is 15.5 Å². The van der Waals surface area contributed by atoms with Crippen LogP contribution in [0.1, 0.15) is 18.4 Å². The van der Waals surface area contributed by atoms with Crippen LogP contribution in [0, 0.1) is 5.92 Å². The summed E-state index contributed by atoms with van der Waals surface area (Å²) < 4.78 is 5.84. The van der Waals surface area contributed by atoms with E-state index in [9.17, 15) is 9.59 Å². The van der Waals surface area contributed by atoms with Gasteiger partial charge >= 0.3 is 12.1 Å². The number of ether oxygens (including phenoxy) is 1. The monoisotopic (exact) mass is 332 g/mol. The van der Waals surface area contributed by atoms with E-state index in [-0.39, 0.29) is 18.1 Å². The second-order valence-corrected chi connectivity index (χ2v) is 6.44. The summed E-state index contributed by atoms with van der Waals surface area (Å²) in [4.78, 5) is 25.0. The highest BCUT2D eigenvalue weighted by Crippen LogP contribution is 2.27. The van der Waals surface area contributed by atoms with Gasteiger partial charge in [0.1, 0.15) is 11.9 Å². The van der Waals surface area contributed by atoms with Crippen LogP contribution in [0.2, 0.25) is 0 Å². The minimum absolute atomic E-state index is 0.0107. The van der Waals surface area contributed by atoms with Crippen molar-refractivity contribution < 1.29 is 14.3 Å². The molecule has 4 N–H and O–H groups in total. The van der Waals surface area contributed by atoms with Gasteiger partial charge in [-0.2, -0.15) is 0 Å². The number of urea groups is 2. The van der Waals surface area contributed by atoms with Crippen LogP contribution in [0.15, 0.2) is 24.3 Å². The number of rotatable bonds is 4. The fourth-order valence-corrected chi connectivity index (χ4v) is 3.34. The summed E-state index contributed by atoms with van der Waals surface area (Å²) in [5.74, 6) is 1.16. The summed E-state index contributed by atoms with van der Waals surface area (Å²) in [6.45, 7) is 2.39. The number of para-hydroxylation sites is 1. The Bertz CT molecular complexity index is 582. The summed E-state index contributed by atoms with van der Waals surface area (Å²) in [5, 5.41) is 5.59. The first-order valence-electron chi connectivity index (χ1n) is 8.42. The largest absolute Gasteiger partial charge is 0.488 e. The van der Waals surface area contributed by atoms with Gasteiger partial charge in [0.05, 0.1) is 6.54 Å². The zero-order chi connectivity index (χ0) is 16.9. The third-order valence-corrected chi connectivity index (χ3v) is 4.57. The van der Waals surface area contributed by atoms with Gasteiger partial charge in [-0.25, -0.2) is 9.59 Å². The third kappa shape index (κ3) is 4.10. The van der Waals surface area contributed by atoms with Crippen LogP contribution in [-0.2, 0) is 6.42 Å². The third-order valence-electron chi connectivity index (χ3n) is 4.57. The van der Waals surface area contributed by atoms with Gasteiger partial charge in [0.25, 0.3) is 0 Å². The highest BCUT2D eigenvalue weighted by Gasteiger charge is 2.26. The van der Waals surface area contributed by atoms with Crippen LogP contribution >= 0.6 is 0 Å². The molecule has 1 saturated heterocycles. The average Bonchev–Trinajstić information content (AvgIpc) is 3.01. The van der Waals surface area contributed by atoms with Gasteiger partial charge in [-0.3, -0.25) is 0 Å². The van der Waals surface area contributed by atoms with Gasteiger partial charge in [0.15, 0.2) is 0 Å². The predicted molar refractivity (Wildman–Crippen MR) is 89.8 cm³/mol. The second-order valence-electron chi connectivity index (χ2n) is 6.44. The molecule has 2 aliphatic heterocycles. The molecule has 0 bridgehead atoms. The molecule has 0 saturated carbocycles. The summed E-state index contributed by atoms with van der Waals surface area (Å²) in [6, 6.07) is 7.37. The summed E-state index contributed by atoms with van der Waals surface area (Å²) in [5.41, 5.74) is 6.29. The zero-order valence-corrected chi connectivity index (χ0v) is 13.7. The van der Waals surface area contributed by atoms with Crippen LogP contribution in [-0.4, -0.2) is 49.2 Å². The number of nitrogens with two attached hydrogens (primary N) is 1. The Kier molecular flexibility index (Phi) is 5.08. The molecule has 2 heterocycles. The van der Waals surface area contributed by atoms with Crippen LogP contribution in [0.25, 0.3) is 0 Å². The SMILES string of the molecule is NC(=O)NC[C@H]1CCCN(C(=O)NC[C@H]2Cc3ccccc3O2)C1. The van der Waals surface area contributed by atoms with Crippen LogP contribution in [0.4, 0.5) is 9.59 Å². The summed E-state index contributed by atoms with van der Waals surface area (Å²) >= 11 is 0. The standard InChI is InChI=1S/C17H24N4O3/c18-16(22)19-9-12-4-3-7-21(11-12)17(23)20-10-14-8-13-5-1-2-6-15(13)24-14/h1-2,5-6,12,14H,3-4,7-11H2,(H,20,23)(H3,18,19,22)/t12-,14-/m1/s1. The molecule has 2 atom stereocenters. The molecule has 24 heavy (non-hydrogen) atoms. The van der Waals surface area contributed by atoms with Gasteiger partial charge < -0.3 is 26.0 Å². The van der Waals surface area contributed by atoms with Crippen molar-refractivity contribution in [1.29, 1.82) is 0 Å². The predicted octanol–water partition coefficient (Wildman–Crippen LogP) is 1.08. The zero-order valence-electron chi connectivity index (χ0n) is 13.7. The molecule has 3 rings (SSSR count). The van der Waals surface area contributed by atoms with E-state index < -0.39 is 6.03 Å². The molecule has 130 valence electrons. The lowest BCUT2D eigenvalue weighted by Gasteiger charge is -2.33. The first-order chi connectivity index (χ1) is 11.6. The van der Waals surface area contributed by atoms with E-state index in [1.807, 2.05) is 18.2 Å². The molecule has 1 fully saturated rings. The summed E-state index contributed by atoms with van der Waals surface area (Å²) in [7, 11) is 0. The maximum Gasteiger partial charge on any atom is 0.317 e. The number of likely N-dealkylation sites (tertiary alicyclic amines) is 1. The Hall–Kier alpha value is -2.44. The van der Waals surface area contributed by atoms with Crippen molar-refractivity contribution in [3.05, 3.63) is 29.8 Å². The number of primary amides is 1. The minimum atomic E-state index is -0.519. The average molecular weight is 332 g/mol. The van der Waals surface area contributed by atoms with Gasteiger partial charge in [-0.05, 0) is 30.4 Å². The first kappa shape index (κ1) is 16.4. The van der Waals surface area contributed by atoms with Crippen molar-refractivity contribution in [3.63, 3.8) is 0 Å². The molecular weight excluding hydrogens is 308 g/mol. The van der Waals surface area contributed by atoms with Gasteiger partial charge in [-0.1, -0.05) is 18.2 Å². The van der Waals surface area contributed by atoms with E-state index in [0.717, 1.165) is 31.6 Å². The molecule has 0 aromatic heterocycles. The van der Waals surface area contributed by atoms with E-state index in [1.165, 1.54) is 5.56 Å². The normalized spacial score (nSPS) is 22.4. The van der Waals surface area contributed by atoms with E-state index in [2.05, 4.69) is 16.7 Å². The molecule has 0 radical (unpaired) electrons. The van der Waals surface area contributed by atoms with E-state index in [0.29, 0.717) is 19.6 Å². The molecule has 2 aliphatic rings. The van der Waals surface area contributed by atoms with Crippen molar-refractivity contribution in [3.8, 4) is 5.75 Å². The smallest absolute Gasteiger partial charge is 0.317 e. The van der Waals surface area contributed by atoms with Crippen LogP contribution in [0.5, 0.6) is 5.75 Å². The highest BCUT2D eigenvalue weighted by atomic mass is 16.5. The fraction of sp³-hybridized carbons (Fsp3) is 0.529. The maximum absolute atomic E-state index is 12.4. The van der Waals surface area contributed by atoms with E-state index in [4.69, 9.17) is 10.5 Å². The first-order valence-corrected chi connectivity index (χ1v) is 8.42. The number of fused-ring (bicyclic) bond motifs is 1. The van der Waals surface area contributed by atoms with Crippen molar-refractivity contribution in [2.45, 2.75) is 25.4 Å². The van der Waals surface area contributed by atoms with Crippen molar-refractivity contribution in [2.24, 2.45) is 11.7 Å². The highest BCUT2D eigenvalue weighted by molar-refractivity contribution is 5.74. The lowest BCUT2D eigenvalue weighted by atomic mass is 9.98. The molecule has 0 unspecified atom stereocenters. The maximum atomic E-state index is 12.4. The minimum Gasteiger partial charge on any atom is -0.488 e. The van der Waals surface area contributed by atoms with Gasteiger partial charge in [0.2, 0.25) is 0 Å². The number of hydrogen-bond acceptors (Lipinski definition) is 3. The Balaban J connectivity index is 1.43. The number of carbonyl (C=O) groups is 2. The molecule has 1 aromatic rings. The molecule has 1 aromatic carbocycles. The quantitative estimate of drug-likeness (QED) is 0.770. The van der Waals surface area contributed by atoms with E-state index >= 15 is 0 Å². The number of hydrogen-bond donors (Lipinski definition) is 3. The van der Waals surface area contributed by atoms with Crippen LogP contribution in [0.3, 0.4) is 0 Å². The Morgan fingerprint density at radius 3 is 2.88 bits per heavy atom. The number of amides is 4. The number of piperidine rings is 1. The number of carbonyl (C=O) groups excluding carboxylic acids is 2. The Morgan fingerprint density at radius 2 is 2.08 bits per heavy atom. The molecular formula is C17H24N4O3. The number of nitrogens with one attached hydrogen (secondary N) is 2. The Labute approximate surface area is 141 Å². The Morgan fingerprint density at radius 1 is 1.25 bits per heavy atom. The van der Waals surface area contributed by atoms with Crippen LogP contribution < -0.4 is 21.1 Å². The van der Waals surface area contributed by atoms with Gasteiger partial charge in [0, 0.05) is 26.1 Å². The molecule has 0 spiro atoms. The molecule has 7 heteroatoms. The molecule has 4 amide bonds. The number of benzene rings is 1.